The van der Waals surface area contributed by atoms with Crippen LogP contribution in [-0.2, 0) is 4.79 Å². The highest BCUT2D eigenvalue weighted by atomic mass is 16.4. The summed E-state index contributed by atoms with van der Waals surface area (Å²) in [6, 6.07) is -1.14. The number of carbonyl (C=O) groups excluding carboxylic acids is 1. The van der Waals surface area contributed by atoms with Crippen LogP contribution in [0.5, 0.6) is 0 Å². The van der Waals surface area contributed by atoms with Gasteiger partial charge in [0.1, 0.15) is 0 Å². The van der Waals surface area contributed by atoms with Gasteiger partial charge < -0.3 is 16.2 Å². The van der Waals surface area contributed by atoms with Crippen molar-refractivity contribution in [3.05, 3.63) is 0 Å². The fourth-order valence-electron chi connectivity index (χ4n) is 0.563. The van der Waals surface area contributed by atoms with Crippen molar-refractivity contribution >= 4 is 12.0 Å². The van der Waals surface area contributed by atoms with E-state index in [0.717, 1.165) is 0 Å². The quantitative estimate of drug-likeness (QED) is 0.532. The molecule has 0 radical (unpaired) electrons. The van der Waals surface area contributed by atoms with Gasteiger partial charge in [0, 0.05) is 6.04 Å². The van der Waals surface area contributed by atoms with Gasteiger partial charge in [-0.25, -0.2) is 4.79 Å². The van der Waals surface area contributed by atoms with Gasteiger partial charge in [0.15, 0.2) is 0 Å². The molecule has 0 heterocycles. The summed E-state index contributed by atoms with van der Waals surface area (Å²) in [5, 5.41) is 10.8. The Hall–Kier alpha value is -1.26. The van der Waals surface area contributed by atoms with Crippen LogP contribution in [0, 0.1) is 5.92 Å². The summed E-state index contributed by atoms with van der Waals surface area (Å²) in [6.07, 6.45) is 0. The predicted octanol–water partition coefficient (Wildman–Crippen LogP) is -0.236. The Balaban J connectivity index is 3.92. The summed E-state index contributed by atoms with van der Waals surface area (Å²) in [6.45, 7) is 3.09. The van der Waals surface area contributed by atoms with E-state index in [1.54, 1.807) is 6.92 Å². The fourth-order valence-corrected chi connectivity index (χ4v) is 0.563. The van der Waals surface area contributed by atoms with Gasteiger partial charge in [0.2, 0.25) is 0 Å². The smallest absolute Gasteiger partial charge is 0.312 e. The average Bonchev–Trinajstić information content (AvgIpc) is 1.84. The lowest BCUT2D eigenvalue weighted by Crippen LogP contribution is -2.42. The number of hydrogen-bond acceptors (Lipinski definition) is 2. The first-order valence-corrected chi connectivity index (χ1v) is 3.24. The zero-order valence-corrected chi connectivity index (χ0v) is 6.50. The highest BCUT2D eigenvalue weighted by molar-refractivity contribution is 5.74. The number of nitrogens with one attached hydrogen (secondary N) is 1. The Morgan fingerprint density at radius 2 is 1.91 bits per heavy atom. The highest BCUT2D eigenvalue weighted by Crippen LogP contribution is 2.01. The summed E-state index contributed by atoms with van der Waals surface area (Å²) >= 11 is 0. The molecule has 0 aliphatic carbocycles. The van der Waals surface area contributed by atoms with Gasteiger partial charge in [-0.2, -0.15) is 0 Å². The van der Waals surface area contributed by atoms with Crippen LogP contribution in [0.15, 0.2) is 0 Å². The zero-order valence-electron chi connectivity index (χ0n) is 6.50. The molecule has 64 valence electrons. The molecule has 2 atom stereocenters. The van der Waals surface area contributed by atoms with Crippen molar-refractivity contribution in [2.45, 2.75) is 19.9 Å². The molecular formula is C6H12N2O3. The number of amides is 2. The van der Waals surface area contributed by atoms with Gasteiger partial charge in [-0.1, -0.05) is 0 Å². The third-order valence-electron chi connectivity index (χ3n) is 1.51. The topological polar surface area (TPSA) is 92.4 Å². The predicted molar refractivity (Wildman–Crippen MR) is 39.0 cm³/mol. The molecule has 0 rings (SSSR count). The Bertz CT molecular complexity index is 169. The van der Waals surface area contributed by atoms with Crippen LogP contribution in [0.3, 0.4) is 0 Å². The van der Waals surface area contributed by atoms with Gasteiger partial charge >= 0.3 is 12.0 Å². The summed E-state index contributed by atoms with van der Waals surface area (Å²) in [4.78, 5) is 20.6. The van der Waals surface area contributed by atoms with Gasteiger partial charge in [0.05, 0.1) is 5.92 Å². The maximum Gasteiger partial charge on any atom is 0.312 e. The van der Waals surface area contributed by atoms with Crippen molar-refractivity contribution in [1.82, 2.24) is 5.32 Å². The first kappa shape index (κ1) is 9.74. The van der Waals surface area contributed by atoms with E-state index in [1.807, 2.05) is 0 Å². The summed E-state index contributed by atoms with van der Waals surface area (Å²) in [7, 11) is 0. The van der Waals surface area contributed by atoms with E-state index < -0.39 is 24.0 Å². The molecule has 0 saturated carbocycles. The third-order valence-corrected chi connectivity index (χ3v) is 1.51. The van der Waals surface area contributed by atoms with Crippen LogP contribution >= 0.6 is 0 Å². The minimum Gasteiger partial charge on any atom is -0.481 e. The number of aliphatic carboxylic acids is 1. The number of rotatable bonds is 3. The number of carboxylic acids is 1. The largest absolute Gasteiger partial charge is 0.481 e. The molecule has 0 aromatic heterocycles. The minimum atomic E-state index is -0.953. The highest BCUT2D eigenvalue weighted by Gasteiger charge is 2.19. The van der Waals surface area contributed by atoms with E-state index in [0.29, 0.717) is 0 Å². The Morgan fingerprint density at radius 1 is 1.45 bits per heavy atom. The van der Waals surface area contributed by atoms with Gasteiger partial charge in [0.25, 0.3) is 0 Å². The summed E-state index contributed by atoms with van der Waals surface area (Å²) < 4.78 is 0. The lowest BCUT2D eigenvalue weighted by molar-refractivity contribution is -0.141. The lowest BCUT2D eigenvalue weighted by atomic mass is 10.1. The Morgan fingerprint density at radius 3 is 2.18 bits per heavy atom. The van der Waals surface area contributed by atoms with E-state index in [4.69, 9.17) is 10.8 Å². The van der Waals surface area contributed by atoms with Crippen molar-refractivity contribution in [2.24, 2.45) is 11.7 Å². The monoisotopic (exact) mass is 160 g/mol. The summed E-state index contributed by atoms with van der Waals surface area (Å²) in [5.74, 6) is -1.58. The zero-order chi connectivity index (χ0) is 9.02. The molecule has 0 spiro atoms. The van der Waals surface area contributed by atoms with Crippen LogP contribution in [-0.4, -0.2) is 23.1 Å². The SMILES string of the molecule is C[C@H](C(=O)O)[C@@H](C)NC(N)=O. The van der Waals surface area contributed by atoms with Crippen molar-refractivity contribution in [3.63, 3.8) is 0 Å². The second-order valence-electron chi connectivity index (χ2n) is 2.42. The van der Waals surface area contributed by atoms with Crippen LogP contribution in [0.4, 0.5) is 4.79 Å². The molecule has 0 aromatic carbocycles. The molecule has 0 aromatic rings. The lowest BCUT2D eigenvalue weighted by Gasteiger charge is -2.15. The average molecular weight is 160 g/mol. The number of carbonyl (C=O) groups is 2. The molecule has 0 aliphatic rings. The van der Waals surface area contributed by atoms with Gasteiger partial charge in [-0.05, 0) is 13.8 Å². The van der Waals surface area contributed by atoms with Crippen molar-refractivity contribution in [3.8, 4) is 0 Å². The van der Waals surface area contributed by atoms with Gasteiger partial charge in [-0.15, -0.1) is 0 Å². The fraction of sp³-hybridized carbons (Fsp3) is 0.667. The second-order valence-corrected chi connectivity index (χ2v) is 2.42. The van der Waals surface area contributed by atoms with E-state index >= 15 is 0 Å². The molecular weight excluding hydrogens is 148 g/mol. The molecule has 2 amide bonds. The number of nitrogens with two attached hydrogens (primary N) is 1. The van der Waals surface area contributed by atoms with Crippen LogP contribution < -0.4 is 11.1 Å². The molecule has 0 unspecified atom stereocenters. The molecule has 0 bridgehead atoms. The summed E-state index contributed by atoms with van der Waals surface area (Å²) in [5.41, 5.74) is 4.79. The number of carboxylic acid groups (broad SMARTS) is 1. The molecule has 5 nitrogen and oxygen atoms in total. The third kappa shape index (κ3) is 3.44. The molecule has 0 fully saturated rings. The minimum absolute atomic E-state index is 0.440. The van der Waals surface area contributed by atoms with Crippen LogP contribution in [0.2, 0.25) is 0 Å². The molecule has 4 N–H and O–H groups in total. The molecule has 5 heteroatoms. The van der Waals surface area contributed by atoms with Crippen molar-refractivity contribution in [1.29, 1.82) is 0 Å². The Kier molecular flexibility index (Phi) is 3.36. The molecule has 0 saturated heterocycles. The number of hydrogen-bond donors (Lipinski definition) is 3. The van der Waals surface area contributed by atoms with E-state index in [9.17, 15) is 9.59 Å². The van der Waals surface area contributed by atoms with E-state index in [1.165, 1.54) is 6.92 Å². The van der Waals surface area contributed by atoms with Crippen LogP contribution in [0.1, 0.15) is 13.8 Å². The Labute approximate surface area is 64.6 Å². The molecule has 0 aliphatic heterocycles. The second kappa shape index (κ2) is 3.80. The van der Waals surface area contributed by atoms with E-state index in [-0.39, 0.29) is 0 Å². The first-order valence-electron chi connectivity index (χ1n) is 3.24. The molecule has 11 heavy (non-hydrogen) atoms. The number of primary amides is 1. The number of urea groups is 1. The van der Waals surface area contributed by atoms with Crippen molar-refractivity contribution in [2.75, 3.05) is 0 Å². The van der Waals surface area contributed by atoms with Crippen LogP contribution in [0.25, 0.3) is 0 Å². The maximum absolute atomic E-state index is 10.3. The maximum atomic E-state index is 10.3. The normalized spacial score (nSPS) is 15.1. The standard InChI is InChI=1S/C6H12N2O3/c1-3(5(9)10)4(2)8-6(7)11/h3-4H,1-2H3,(H,9,10)(H3,7,8,11)/t3-,4+/m0/s1. The van der Waals surface area contributed by atoms with Crippen molar-refractivity contribution < 1.29 is 14.7 Å². The first-order chi connectivity index (χ1) is 4.95. The van der Waals surface area contributed by atoms with Gasteiger partial charge in [-0.3, -0.25) is 4.79 Å². The van der Waals surface area contributed by atoms with E-state index in [2.05, 4.69) is 5.32 Å².